The third-order valence-electron chi connectivity index (χ3n) is 1.56. The average molecular weight is 192 g/mol. The highest BCUT2D eigenvalue weighted by molar-refractivity contribution is 5.36. The molecule has 0 spiro atoms. The molecule has 0 heterocycles. The maximum absolute atomic E-state index is 12.2. The van der Waals surface area contributed by atoms with Gasteiger partial charge in [0.1, 0.15) is 5.75 Å². The summed E-state index contributed by atoms with van der Waals surface area (Å²) in [5, 5.41) is 17.5. The predicted octanol–water partition coefficient (Wildman–Crippen LogP) is 1.90. The molecular weight excluding hydrogens is 185 g/mol. The van der Waals surface area contributed by atoms with Crippen molar-refractivity contribution in [3.8, 4) is 5.75 Å². The monoisotopic (exact) mass is 192 g/mol. The van der Waals surface area contributed by atoms with E-state index < -0.39 is 18.3 Å². The Morgan fingerprint density at radius 2 is 1.85 bits per heavy atom. The number of phenols is 1. The molecular formula is C8H7F3O2. The Morgan fingerprint density at radius 1 is 1.23 bits per heavy atom. The van der Waals surface area contributed by atoms with Crippen molar-refractivity contribution in [2.75, 3.05) is 0 Å². The molecule has 0 saturated heterocycles. The van der Waals surface area contributed by atoms with Crippen molar-refractivity contribution in [1.82, 2.24) is 0 Å². The number of benzene rings is 1. The Labute approximate surface area is 72.2 Å². The molecule has 0 amide bonds. The lowest BCUT2D eigenvalue weighted by atomic mass is 10.1. The topological polar surface area (TPSA) is 40.5 Å². The van der Waals surface area contributed by atoms with Crippen molar-refractivity contribution < 1.29 is 23.4 Å². The largest absolute Gasteiger partial charge is 0.508 e. The fourth-order valence-electron chi connectivity index (χ4n) is 0.987. The van der Waals surface area contributed by atoms with Gasteiger partial charge in [-0.2, -0.15) is 13.2 Å². The first kappa shape index (κ1) is 9.85. The van der Waals surface area contributed by atoms with Crippen LogP contribution in [-0.2, 0) is 12.8 Å². The van der Waals surface area contributed by atoms with Crippen LogP contribution in [0.2, 0.25) is 0 Å². The highest BCUT2D eigenvalue weighted by Crippen LogP contribution is 2.33. The second-order valence-corrected chi connectivity index (χ2v) is 2.50. The number of hydrogen-bond acceptors (Lipinski definition) is 2. The average Bonchev–Trinajstić information content (AvgIpc) is 2.01. The standard InChI is InChI=1S/C8H7F3O2/c9-8(10,11)7-2-1-6(13)3-5(7)4-12/h1-3,12-13H,4H2. The van der Waals surface area contributed by atoms with Gasteiger partial charge in [-0.15, -0.1) is 0 Å². The Bertz CT molecular complexity index is 307. The molecule has 0 aromatic heterocycles. The minimum absolute atomic E-state index is 0.294. The number of hydrogen-bond donors (Lipinski definition) is 2. The maximum atomic E-state index is 12.2. The molecule has 13 heavy (non-hydrogen) atoms. The molecule has 0 radical (unpaired) electrons. The zero-order valence-electron chi connectivity index (χ0n) is 6.47. The van der Waals surface area contributed by atoms with E-state index in [0.29, 0.717) is 0 Å². The van der Waals surface area contributed by atoms with Gasteiger partial charge >= 0.3 is 6.18 Å². The summed E-state index contributed by atoms with van der Waals surface area (Å²) in [6.45, 7) is -0.747. The number of aliphatic hydroxyl groups is 1. The summed E-state index contributed by atoms with van der Waals surface area (Å²) in [6.07, 6.45) is -4.49. The van der Waals surface area contributed by atoms with Crippen LogP contribution >= 0.6 is 0 Å². The Kier molecular flexibility index (Phi) is 2.47. The summed E-state index contributed by atoms with van der Waals surface area (Å²) in [7, 11) is 0. The minimum Gasteiger partial charge on any atom is -0.508 e. The molecule has 1 aromatic carbocycles. The predicted molar refractivity (Wildman–Crippen MR) is 39.0 cm³/mol. The quantitative estimate of drug-likeness (QED) is 0.713. The number of alkyl halides is 3. The van der Waals surface area contributed by atoms with Crippen molar-refractivity contribution >= 4 is 0 Å². The van der Waals surface area contributed by atoms with Gasteiger partial charge in [0.05, 0.1) is 12.2 Å². The second kappa shape index (κ2) is 3.26. The molecule has 0 unspecified atom stereocenters. The third-order valence-corrected chi connectivity index (χ3v) is 1.56. The van der Waals surface area contributed by atoms with Crippen LogP contribution in [0.15, 0.2) is 18.2 Å². The Hall–Kier alpha value is -1.23. The van der Waals surface area contributed by atoms with Crippen LogP contribution in [0.4, 0.5) is 13.2 Å². The van der Waals surface area contributed by atoms with Gasteiger partial charge in [0, 0.05) is 0 Å². The SMILES string of the molecule is OCc1cc(O)ccc1C(F)(F)F. The lowest BCUT2D eigenvalue weighted by molar-refractivity contribution is -0.138. The first-order valence-corrected chi connectivity index (χ1v) is 3.45. The molecule has 0 bridgehead atoms. The molecule has 0 aliphatic rings. The lowest BCUT2D eigenvalue weighted by Crippen LogP contribution is -2.08. The van der Waals surface area contributed by atoms with E-state index in [1.54, 1.807) is 0 Å². The van der Waals surface area contributed by atoms with Crippen LogP contribution in [0.1, 0.15) is 11.1 Å². The molecule has 0 aliphatic heterocycles. The van der Waals surface area contributed by atoms with Gasteiger partial charge in [0.2, 0.25) is 0 Å². The smallest absolute Gasteiger partial charge is 0.416 e. The molecule has 0 aliphatic carbocycles. The first-order chi connectivity index (χ1) is 5.95. The van der Waals surface area contributed by atoms with E-state index >= 15 is 0 Å². The van der Waals surface area contributed by atoms with Crippen LogP contribution < -0.4 is 0 Å². The minimum atomic E-state index is -4.49. The molecule has 1 aromatic rings. The maximum Gasteiger partial charge on any atom is 0.416 e. The number of aliphatic hydroxyl groups excluding tert-OH is 1. The second-order valence-electron chi connectivity index (χ2n) is 2.50. The number of rotatable bonds is 1. The van der Waals surface area contributed by atoms with Crippen molar-refractivity contribution in [3.05, 3.63) is 29.3 Å². The van der Waals surface area contributed by atoms with Crippen molar-refractivity contribution in [2.45, 2.75) is 12.8 Å². The molecule has 1 rings (SSSR count). The van der Waals surface area contributed by atoms with Gasteiger partial charge in [0.25, 0.3) is 0 Å². The molecule has 0 saturated carbocycles. The van der Waals surface area contributed by atoms with Gasteiger partial charge in [0.15, 0.2) is 0 Å². The van der Waals surface area contributed by atoms with Gasteiger partial charge in [-0.3, -0.25) is 0 Å². The van der Waals surface area contributed by atoms with E-state index in [-0.39, 0.29) is 11.3 Å². The van der Waals surface area contributed by atoms with Crippen LogP contribution in [0.25, 0.3) is 0 Å². The molecule has 0 fully saturated rings. The van der Waals surface area contributed by atoms with Crippen LogP contribution in [-0.4, -0.2) is 10.2 Å². The van der Waals surface area contributed by atoms with E-state index in [0.717, 1.165) is 18.2 Å². The molecule has 0 atom stereocenters. The van der Waals surface area contributed by atoms with Gasteiger partial charge < -0.3 is 10.2 Å². The van der Waals surface area contributed by atoms with Crippen molar-refractivity contribution in [2.24, 2.45) is 0 Å². The lowest BCUT2D eigenvalue weighted by Gasteiger charge is -2.10. The Balaban J connectivity index is 3.22. The zero-order valence-corrected chi connectivity index (χ0v) is 6.47. The third kappa shape index (κ3) is 2.12. The highest BCUT2D eigenvalue weighted by Gasteiger charge is 2.32. The zero-order chi connectivity index (χ0) is 10.1. The van der Waals surface area contributed by atoms with Crippen molar-refractivity contribution in [1.29, 1.82) is 0 Å². The number of halogens is 3. The van der Waals surface area contributed by atoms with Gasteiger partial charge in [-0.1, -0.05) is 0 Å². The summed E-state index contributed by atoms with van der Waals surface area (Å²) in [5.74, 6) is -0.294. The fraction of sp³-hybridized carbons (Fsp3) is 0.250. The normalized spacial score (nSPS) is 11.7. The number of aromatic hydroxyl groups is 1. The summed E-state index contributed by atoms with van der Waals surface area (Å²) in [6, 6.07) is 2.56. The molecule has 5 heteroatoms. The first-order valence-electron chi connectivity index (χ1n) is 3.45. The summed E-state index contributed by atoms with van der Waals surface area (Å²) in [4.78, 5) is 0. The van der Waals surface area contributed by atoms with E-state index in [1.165, 1.54) is 0 Å². The van der Waals surface area contributed by atoms with Crippen LogP contribution in [0.3, 0.4) is 0 Å². The Morgan fingerprint density at radius 3 is 2.31 bits per heavy atom. The van der Waals surface area contributed by atoms with E-state index in [4.69, 9.17) is 10.2 Å². The number of phenolic OH excluding ortho intramolecular Hbond substituents is 1. The van der Waals surface area contributed by atoms with Gasteiger partial charge in [-0.05, 0) is 23.8 Å². The summed E-state index contributed by atoms with van der Waals surface area (Å²) in [5.41, 5.74) is -1.25. The van der Waals surface area contributed by atoms with E-state index in [2.05, 4.69) is 0 Å². The fourth-order valence-corrected chi connectivity index (χ4v) is 0.987. The van der Waals surface area contributed by atoms with Crippen LogP contribution in [0.5, 0.6) is 5.75 Å². The molecule has 72 valence electrons. The summed E-state index contributed by atoms with van der Waals surface area (Å²) < 4.78 is 36.5. The van der Waals surface area contributed by atoms with E-state index in [1.807, 2.05) is 0 Å². The summed E-state index contributed by atoms with van der Waals surface area (Å²) >= 11 is 0. The molecule has 2 nitrogen and oxygen atoms in total. The van der Waals surface area contributed by atoms with Crippen LogP contribution in [0, 0.1) is 0 Å². The van der Waals surface area contributed by atoms with Crippen molar-refractivity contribution in [3.63, 3.8) is 0 Å². The molecule has 2 N–H and O–H groups in total. The van der Waals surface area contributed by atoms with E-state index in [9.17, 15) is 13.2 Å². The highest BCUT2D eigenvalue weighted by atomic mass is 19.4. The van der Waals surface area contributed by atoms with Gasteiger partial charge in [-0.25, -0.2) is 0 Å².